The van der Waals surface area contributed by atoms with Crippen molar-refractivity contribution >= 4 is 40.6 Å². The number of amides is 1. The van der Waals surface area contributed by atoms with E-state index in [0.717, 1.165) is 17.3 Å². The van der Waals surface area contributed by atoms with Crippen LogP contribution < -0.4 is 5.32 Å². The van der Waals surface area contributed by atoms with Gasteiger partial charge in [0.2, 0.25) is 5.91 Å². The number of carboxylic acids is 1. The molecule has 6 nitrogen and oxygen atoms in total. The number of hydrogen-bond acceptors (Lipinski definition) is 5. The quantitative estimate of drug-likeness (QED) is 0.643. The summed E-state index contributed by atoms with van der Waals surface area (Å²) in [6.07, 6.45) is 3.49. The second-order valence-corrected chi connectivity index (χ2v) is 5.78. The number of benzene rings is 1. The summed E-state index contributed by atoms with van der Waals surface area (Å²) < 4.78 is 0. The molecular weight excluding hydrogens is 302 g/mol. The molecule has 0 bridgehead atoms. The number of carbonyl (C=O) groups excluding carboxylic acids is 1. The van der Waals surface area contributed by atoms with Crippen molar-refractivity contribution in [2.45, 2.75) is 18.6 Å². The van der Waals surface area contributed by atoms with E-state index < -0.39 is 11.2 Å². The fourth-order valence-corrected chi connectivity index (χ4v) is 2.59. The highest BCUT2D eigenvalue weighted by Crippen LogP contribution is 2.22. The summed E-state index contributed by atoms with van der Waals surface area (Å²) in [7, 11) is 0. The Kier molecular flexibility index (Phi) is 5.48. The average molecular weight is 317 g/mol. The number of carboxylic acid groups (broad SMARTS) is 1. The van der Waals surface area contributed by atoms with Gasteiger partial charge in [-0.1, -0.05) is 48.2 Å². The zero-order chi connectivity index (χ0) is 15.9. The maximum absolute atomic E-state index is 11.5. The molecule has 0 radical (unpaired) electrons. The zero-order valence-corrected chi connectivity index (χ0v) is 12.7. The third kappa shape index (κ3) is 4.85. The second kappa shape index (κ2) is 7.56. The third-order valence-corrected chi connectivity index (χ3v) is 3.82. The SMILES string of the molecule is CC(/C=C/c1ccccc1)=N/N=C1/NC(=O)C(CC(=O)O)S1. The van der Waals surface area contributed by atoms with E-state index in [9.17, 15) is 9.59 Å². The molecule has 0 spiro atoms. The van der Waals surface area contributed by atoms with Gasteiger partial charge in [0.1, 0.15) is 5.25 Å². The van der Waals surface area contributed by atoms with Gasteiger partial charge in [0.15, 0.2) is 5.17 Å². The van der Waals surface area contributed by atoms with Crippen LogP contribution in [0.4, 0.5) is 0 Å². The van der Waals surface area contributed by atoms with Crippen molar-refractivity contribution in [1.29, 1.82) is 0 Å². The van der Waals surface area contributed by atoms with E-state index in [1.165, 1.54) is 0 Å². The van der Waals surface area contributed by atoms with E-state index in [1.54, 1.807) is 6.92 Å². The number of amidine groups is 1. The lowest BCUT2D eigenvalue weighted by molar-refractivity contribution is -0.138. The van der Waals surface area contributed by atoms with Crippen LogP contribution in [0.15, 0.2) is 46.6 Å². The van der Waals surface area contributed by atoms with Gasteiger partial charge < -0.3 is 10.4 Å². The molecule has 1 heterocycles. The minimum absolute atomic E-state index is 0.230. The summed E-state index contributed by atoms with van der Waals surface area (Å²) in [4.78, 5) is 22.2. The van der Waals surface area contributed by atoms with Crippen molar-refractivity contribution < 1.29 is 14.7 Å². The van der Waals surface area contributed by atoms with Gasteiger partial charge >= 0.3 is 5.97 Å². The molecule has 1 fully saturated rings. The normalized spacial score (nSPS) is 20.6. The first kappa shape index (κ1) is 16.0. The summed E-state index contributed by atoms with van der Waals surface area (Å²) >= 11 is 1.08. The third-order valence-electron chi connectivity index (χ3n) is 2.75. The van der Waals surface area contributed by atoms with E-state index >= 15 is 0 Å². The number of rotatable bonds is 5. The highest BCUT2D eigenvalue weighted by atomic mass is 32.2. The number of allylic oxidation sites excluding steroid dienone is 1. The van der Waals surface area contributed by atoms with Crippen LogP contribution in [0, 0.1) is 0 Å². The monoisotopic (exact) mass is 317 g/mol. The lowest BCUT2D eigenvalue weighted by Gasteiger charge is -1.97. The van der Waals surface area contributed by atoms with Crippen molar-refractivity contribution in [2.75, 3.05) is 0 Å². The van der Waals surface area contributed by atoms with Gasteiger partial charge in [0.25, 0.3) is 0 Å². The second-order valence-electron chi connectivity index (χ2n) is 4.58. The van der Waals surface area contributed by atoms with E-state index in [-0.39, 0.29) is 12.3 Å². The fraction of sp³-hybridized carbons (Fsp3) is 0.200. The van der Waals surface area contributed by atoms with Crippen molar-refractivity contribution in [3.8, 4) is 0 Å². The van der Waals surface area contributed by atoms with Crippen molar-refractivity contribution in [3.63, 3.8) is 0 Å². The summed E-state index contributed by atoms with van der Waals surface area (Å²) in [5.41, 5.74) is 1.72. The van der Waals surface area contributed by atoms with Crippen LogP contribution in [0.3, 0.4) is 0 Å². The van der Waals surface area contributed by atoms with E-state index in [0.29, 0.717) is 10.9 Å². The number of carbonyl (C=O) groups is 2. The summed E-state index contributed by atoms with van der Waals surface area (Å²) in [6, 6.07) is 9.77. The molecule has 2 rings (SSSR count). The number of thioether (sulfide) groups is 1. The maximum atomic E-state index is 11.5. The van der Waals surface area contributed by atoms with Crippen LogP contribution in [0.1, 0.15) is 18.9 Å². The van der Waals surface area contributed by atoms with Gasteiger partial charge in [-0.2, -0.15) is 5.10 Å². The van der Waals surface area contributed by atoms with Crippen LogP contribution in [-0.2, 0) is 9.59 Å². The molecule has 1 aliphatic heterocycles. The first-order valence-electron chi connectivity index (χ1n) is 6.59. The smallest absolute Gasteiger partial charge is 0.305 e. The van der Waals surface area contributed by atoms with Gasteiger partial charge in [0, 0.05) is 0 Å². The molecule has 1 atom stereocenters. The molecule has 1 saturated heterocycles. The molecule has 1 aliphatic rings. The maximum Gasteiger partial charge on any atom is 0.305 e. The first-order chi connectivity index (χ1) is 10.5. The Hall–Kier alpha value is -2.41. The Morgan fingerprint density at radius 1 is 1.41 bits per heavy atom. The summed E-state index contributed by atoms with van der Waals surface area (Å²) in [5.74, 6) is -1.36. The number of aliphatic carboxylic acids is 1. The van der Waals surface area contributed by atoms with Crippen LogP contribution >= 0.6 is 11.8 Å². The Bertz CT molecular complexity index is 653. The molecule has 22 heavy (non-hydrogen) atoms. The zero-order valence-electron chi connectivity index (χ0n) is 11.9. The topological polar surface area (TPSA) is 91.1 Å². The fourth-order valence-electron chi connectivity index (χ4n) is 1.68. The van der Waals surface area contributed by atoms with Gasteiger partial charge in [-0.05, 0) is 18.6 Å². The number of nitrogens with zero attached hydrogens (tertiary/aromatic N) is 2. The highest BCUT2D eigenvalue weighted by molar-refractivity contribution is 8.15. The van der Waals surface area contributed by atoms with E-state index in [2.05, 4.69) is 15.5 Å². The lowest BCUT2D eigenvalue weighted by Crippen LogP contribution is -2.26. The minimum atomic E-state index is -1.01. The van der Waals surface area contributed by atoms with E-state index in [1.807, 2.05) is 42.5 Å². The summed E-state index contributed by atoms with van der Waals surface area (Å²) in [6.45, 7) is 1.79. The largest absolute Gasteiger partial charge is 0.481 e. The molecule has 0 aromatic heterocycles. The lowest BCUT2D eigenvalue weighted by atomic mass is 10.2. The molecule has 1 aromatic rings. The predicted octanol–water partition coefficient (Wildman–Crippen LogP) is 2.14. The van der Waals surface area contributed by atoms with Crippen molar-refractivity contribution in [1.82, 2.24) is 5.32 Å². The van der Waals surface area contributed by atoms with Crippen LogP contribution in [-0.4, -0.2) is 33.1 Å². The molecule has 1 unspecified atom stereocenters. The number of hydrogen-bond donors (Lipinski definition) is 2. The molecule has 1 aromatic carbocycles. The Morgan fingerprint density at radius 2 is 2.14 bits per heavy atom. The van der Waals surface area contributed by atoms with Gasteiger partial charge in [-0.25, -0.2) is 0 Å². The molecular formula is C15H15N3O3S. The Morgan fingerprint density at radius 3 is 2.82 bits per heavy atom. The van der Waals surface area contributed by atoms with Gasteiger partial charge in [-0.3, -0.25) is 9.59 Å². The van der Waals surface area contributed by atoms with Crippen LogP contribution in [0.5, 0.6) is 0 Å². The van der Waals surface area contributed by atoms with E-state index in [4.69, 9.17) is 5.11 Å². The Labute approximate surface area is 132 Å². The summed E-state index contributed by atoms with van der Waals surface area (Å²) in [5, 5.41) is 18.8. The van der Waals surface area contributed by atoms with Crippen LogP contribution in [0.2, 0.25) is 0 Å². The van der Waals surface area contributed by atoms with Gasteiger partial charge in [0.05, 0.1) is 12.1 Å². The Balaban J connectivity index is 1.97. The molecule has 114 valence electrons. The first-order valence-corrected chi connectivity index (χ1v) is 7.47. The molecule has 2 N–H and O–H groups in total. The van der Waals surface area contributed by atoms with Crippen molar-refractivity contribution in [2.24, 2.45) is 10.2 Å². The predicted molar refractivity (Wildman–Crippen MR) is 87.8 cm³/mol. The standard InChI is InChI=1S/C15H15N3O3S/c1-10(7-8-11-5-3-2-4-6-11)17-18-15-16-14(21)12(22-15)9-13(19)20/h2-8,12H,9H2,1H3,(H,19,20)(H,16,18,21)/b8-7+,17-10-. The molecule has 7 heteroatoms. The van der Waals surface area contributed by atoms with Crippen LogP contribution in [0.25, 0.3) is 6.08 Å². The number of nitrogens with one attached hydrogen (secondary N) is 1. The minimum Gasteiger partial charge on any atom is -0.481 e. The van der Waals surface area contributed by atoms with Crippen molar-refractivity contribution in [3.05, 3.63) is 42.0 Å². The van der Waals surface area contributed by atoms with Gasteiger partial charge in [-0.15, -0.1) is 5.10 Å². The average Bonchev–Trinajstić information content (AvgIpc) is 2.83. The highest BCUT2D eigenvalue weighted by Gasteiger charge is 2.32. The molecule has 0 aliphatic carbocycles. The molecule has 1 amide bonds. The molecule has 0 saturated carbocycles.